The molecule has 1 aromatic carbocycles. The third-order valence-corrected chi connectivity index (χ3v) is 3.37. The Morgan fingerprint density at radius 3 is 2.63 bits per heavy atom. The molecule has 1 unspecified atom stereocenters. The summed E-state index contributed by atoms with van der Waals surface area (Å²) in [5.41, 5.74) is 5.00. The lowest BCUT2D eigenvalue weighted by Gasteiger charge is -2.18. The van der Waals surface area contributed by atoms with Crippen molar-refractivity contribution in [2.75, 3.05) is 6.54 Å². The fourth-order valence-corrected chi connectivity index (χ4v) is 2.56. The predicted octanol–water partition coefficient (Wildman–Crippen LogP) is 2.93. The van der Waals surface area contributed by atoms with Crippen molar-refractivity contribution in [1.82, 2.24) is 15.1 Å². The molecule has 0 saturated heterocycles. The zero-order valence-electron chi connectivity index (χ0n) is 12.3. The molecule has 3 heteroatoms. The zero-order chi connectivity index (χ0) is 13.8. The van der Waals surface area contributed by atoms with E-state index >= 15 is 0 Å². The highest BCUT2D eigenvalue weighted by molar-refractivity contribution is 5.25. The van der Waals surface area contributed by atoms with Crippen LogP contribution in [0.5, 0.6) is 0 Å². The third-order valence-electron chi connectivity index (χ3n) is 3.37. The van der Waals surface area contributed by atoms with Gasteiger partial charge in [0, 0.05) is 7.05 Å². The van der Waals surface area contributed by atoms with Crippen LogP contribution in [-0.2, 0) is 13.5 Å². The number of aromatic nitrogens is 2. The highest BCUT2D eigenvalue weighted by Crippen LogP contribution is 2.19. The monoisotopic (exact) mass is 257 g/mol. The second kappa shape index (κ2) is 6.02. The van der Waals surface area contributed by atoms with Gasteiger partial charge in [-0.05, 0) is 38.4 Å². The number of hydrogen-bond acceptors (Lipinski definition) is 2. The van der Waals surface area contributed by atoms with Crippen molar-refractivity contribution in [2.24, 2.45) is 7.05 Å². The van der Waals surface area contributed by atoms with Gasteiger partial charge in [0.15, 0.2) is 0 Å². The summed E-state index contributed by atoms with van der Waals surface area (Å²) in [6.07, 6.45) is 0.995. The van der Waals surface area contributed by atoms with Crippen molar-refractivity contribution < 1.29 is 0 Å². The van der Waals surface area contributed by atoms with Gasteiger partial charge in [-0.3, -0.25) is 4.68 Å². The summed E-state index contributed by atoms with van der Waals surface area (Å²) < 4.78 is 1.98. The topological polar surface area (TPSA) is 29.9 Å². The first kappa shape index (κ1) is 13.8. The molecule has 2 rings (SSSR count). The molecule has 3 nitrogen and oxygen atoms in total. The van der Waals surface area contributed by atoms with Crippen molar-refractivity contribution in [3.8, 4) is 0 Å². The molecular weight excluding hydrogens is 234 g/mol. The van der Waals surface area contributed by atoms with E-state index in [9.17, 15) is 0 Å². The molecule has 0 fully saturated rings. The summed E-state index contributed by atoms with van der Waals surface area (Å²) in [5, 5.41) is 8.01. The molecule has 0 radical (unpaired) electrons. The molecule has 19 heavy (non-hydrogen) atoms. The van der Waals surface area contributed by atoms with Crippen LogP contribution in [0, 0.1) is 13.8 Å². The van der Waals surface area contributed by atoms with Gasteiger partial charge in [0.2, 0.25) is 0 Å². The normalized spacial score (nSPS) is 12.6. The first-order valence-corrected chi connectivity index (χ1v) is 6.89. The Kier molecular flexibility index (Phi) is 4.38. The second-order valence-corrected chi connectivity index (χ2v) is 5.14. The number of rotatable bonds is 5. The molecule has 0 amide bonds. The predicted molar refractivity (Wildman–Crippen MR) is 79.2 cm³/mol. The van der Waals surface area contributed by atoms with Crippen LogP contribution in [0.15, 0.2) is 30.3 Å². The summed E-state index contributed by atoms with van der Waals surface area (Å²) in [4.78, 5) is 0. The van der Waals surface area contributed by atoms with E-state index in [1.165, 1.54) is 16.8 Å². The smallest absolute Gasteiger partial charge is 0.0597 e. The number of benzene rings is 1. The Morgan fingerprint density at radius 1 is 1.26 bits per heavy atom. The van der Waals surface area contributed by atoms with Crippen LogP contribution in [0.25, 0.3) is 0 Å². The summed E-state index contributed by atoms with van der Waals surface area (Å²) in [6, 6.07) is 11.2. The van der Waals surface area contributed by atoms with Gasteiger partial charge in [-0.15, -0.1) is 0 Å². The Hall–Kier alpha value is -1.61. The van der Waals surface area contributed by atoms with E-state index in [-0.39, 0.29) is 0 Å². The maximum absolute atomic E-state index is 4.45. The lowest BCUT2D eigenvalue weighted by molar-refractivity contribution is 0.507. The molecular formula is C16H23N3. The minimum Gasteiger partial charge on any atom is -0.309 e. The standard InChI is InChI=1S/C16H23N3/c1-5-17-15(16-10-13(3)18-19(16)4)11-14-8-6-7-12(2)9-14/h6-10,15,17H,5,11H2,1-4H3. The molecule has 0 spiro atoms. The van der Waals surface area contributed by atoms with Crippen LogP contribution in [0.3, 0.4) is 0 Å². The quantitative estimate of drug-likeness (QED) is 0.892. The highest BCUT2D eigenvalue weighted by atomic mass is 15.3. The fourth-order valence-electron chi connectivity index (χ4n) is 2.56. The van der Waals surface area contributed by atoms with Gasteiger partial charge < -0.3 is 5.32 Å². The van der Waals surface area contributed by atoms with Crippen LogP contribution in [0.1, 0.15) is 35.5 Å². The van der Waals surface area contributed by atoms with Gasteiger partial charge in [-0.25, -0.2) is 0 Å². The maximum atomic E-state index is 4.45. The van der Waals surface area contributed by atoms with Crippen LogP contribution in [0.4, 0.5) is 0 Å². The Morgan fingerprint density at radius 2 is 2.05 bits per heavy atom. The Bertz CT molecular complexity index is 543. The number of nitrogens with zero attached hydrogens (tertiary/aromatic N) is 2. The van der Waals surface area contributed by atoms with E-state index in [0.29, 0.717) is 6.04 Å². The van der Waals surface area contributed by atoms with Gasteiger partial charge in [0.25, 0.3) is 0 Å². The van der Waals surface area contributed by atoms with Gasteiger partial charge in [-0.1, -0.05) is 36.8 Å². The van der Waals surface area contributed by atoms with Crippen LogP contribution in [-0.4, -0.2) is 16.3 Å². The molecule has 0 saturated carbocycles. The van der Waals surface area contributed by atoms with E-state index in [1.54, 1.807) is 0 Å². The van der Waals surface area contributed by atoms with Crippen LogP contribution >= 0.6 is 0 Å². The molecule has 0 bridgehead atoms. The van der Waals surface area contributed by atoms with E-state index in [4.69, 9.17) is 0 Å². The second-order valence-electron chi connectivity index (χ2n) is 5.14. The van der Waals surface area contributed by atoms with Crippen molar-refractivity contribution in [3.63, 3.8) is 0 Å². The maximum Gasteiger partial charge on any atom is 0.0597 e. The number of nitrogens with one attached hydrogen (secondary N) is 1. The molecule has 1 heterocycles. The van der Waals surface area contributed by atoms with Crippen molar-refractivity contribution in [3.05, 3.63) is 52.8 Å². The Balaban J connectivity index is 2.23. The average molecular weight is 257 g/mol. The van der Waals surface area contributed by atoms with Gasteiger partial charge in [0.1, 0.15) is 0 Å². The minimum atomic E-state index is 0.318. The van der Waals surface area contributed by atoms with Crippen molar-refractivity contribution >= 4 is 0 Å². The van der Waals surface area contributed by atoms with E-state index < -0.39 is 0 Å². The molecule has 2 aromatic rings. The SMILES string of the molecule is CCNC(Cc1cccc(C)c1)c1cc(C)nn1C. The molecule has 0 aliphatic rings. The van der Waals surface area contributed by atoms with Gasteiger partial charge in [-0.2, -0.15) is 5.10 Å². The summed E-state index contributed by atoms with van der Waals surface area (Å²) in [5.74, 6) is 0. The Labute approximate surface area is 115 Å². The fraction of sp³-hybridized carbons (Fsp3) is 0.438. The first-order chi connectivity index (χ1) is 9.10. The summed E-state index contributed by atoms with van der Waals surface area (Å²) in [7, 11) is 2.02. The summed E-state index contributed by atoms with van der Waals surface area (Å²) >= 11 is 0. The lowest BCUT2D eigenvalue weighted by Crippen LogP contribution is -2.25. The number of likely N-dealkylation sites (N-methyl/N-ethyl adjacent to an activating group) is 1. The third kappa shape index (κ3) is 3.44. The highest BCUT2D eigenvalue weighted by Gasteiger charge is 2.15. The molecule has 0 aliphatic heterocycles. The van der Waals surface area contributed by atoms with E-state index in [1.807, 2.05) is 18.7 Å². The van der Waals surface area contributed by atoms with Crippen molar-refractivity contribution in [1.29, 1.82) is 0 Å². The lowest BCUT2D eigenvalue weighted by atomic mass is 10.0. The molecule has 102 valence electrons. The first-order valence-electron chi connectivity index (χ1n) is 6.89. The average Bonchev–Trinajstić information content (AvgIpc) is 2.68. The molecule has 1 N–H and O–H groups in total. The zero-order valence-corrected chi connectivity index (χ0v) is 12.3. The van der Waals surface area contributed by atoms with Crippen LogP contribution in [0.2, 0.25) is 0 Å². The molecule has 0 aliphatic carbocycles. The molecule has 1 atom stereocenters. The van der Waals surface area contributed by atoms with E-state index in [2.05, 4.69) is 54.6 Å². The van der Waals surface area contributed by atoms with Crippen molar-refractivity contribution in [2.45, 2.75) is 33.2 Å². The van der Waals surface area contributed by atoms with E-state index in [0.717, 1.165) is 18.7 Å². The van der Waals surface area contributed by atoms with Gasteiger partial charge in [0.05, 0.1) is 17.4 Å². The molecule has 1 aromatic heterocycles. The van der Waals surface area contributed by atoms with Gasteiger partial charge >= 0.3 is 0 Å². The summed E-state index contributed by atoms with van der Waals surface area (Å²) in [6.45, 7) is 7.28. The number of hydrogen-bond donors (Lipinski definition) is 1. The number of aryl methyl sites for hydroxylation is 3. The van der Waals surface area contributed by atoms with Crippen LogP contribution < -0.4 is 5.32 Å². The largest absolute Gasteiger partial charge is 0.309 e. The minimum absolute atomic E-state index is 0.318.